The van der Waals surface area contributed by atoms with Gasteiger partial charge in [-0.2, -0.15) is 0 Å². The average Bonchev–Trinajstić information content (AvgIpc) is 2.90. The molecule has 0 aliphatic heterocycles. The Balaban J connectivity index is 2.10. The predicted octanol–water partition coefficient (Wildman–Crippen LogP) is 2.11. The van der Waals surface area contributed by atoms with E-state index >= 15 is 0 Å². The van der Waals surface area contributed by atoms with E-state index in [1.54, 1.807) is 12.4 Å². The average molecular weight is 277 g/mol. The minimum atomic E-state index is -0.647. The maximum Gasteiger partial charge on any atom is 0.233 e. The van der Waals surface area contributed by atoms with Crippen LogP contribution in [0.4, 0.5) is 0 Å². The van der Waals surface area contributed by atoms with Crippen molar-refractivity contribution in [2.45, 2.75) is 38.6 Å². The topological polar surface area (TPSA) is 68.0 Å². The third-order valence-corrected chi connectivity index (χ3v) is 4.29. The van der Waals surface area contributed by atoms with Gasteiger partial charge in [0, 0.05) is 12.4 Å². The molecule has 1 aromatic rings. The summed E-state index contributed by atoms with van der Waals surface area (Å²) < 4.78 is 0. The van der Waals surface area contributed by atoms with Gasteiger partial charge >= 0.3 is 0 Å². The Morgan fingerprint density at radius 2 is 2.21 bits per heavy atom. The van der Waals surface area contributed by atoms with Gasteiger partial charge in [-0.3, -0.25) is 9.78 Å². The van der Waals surface area contributed by atoms with Crippen molar-refractivity contribution in [2.75, 3.05) is 0 Å². The van der Waals surface area contributed by atoms with Gasteiger partial charge in [0.1, 0.15) is 0 Å². The zero-order chi connectivity index (χ0) is 13.9. The summed E-state index contributed by atoms with van der Waals surface area (Å²) in [6.45, 7) is 1.94. The number of nitrogens with zero attached hydrogens (tertiary/aromatic N) is 1. The predicted molar refractivity (Wildman–Crippen MR) is 78.5 cm³/mol. The van der Waals surface area contributed by atoms with Crippen LogP contribution in [0.5, 0.6) is 0 Å². The Hall–Kier alpha value is -1.49. The fourth-order valence-corrected chi connectivity index (χ4v) is 2.91. The molecule has 1 aliphatic carbocycles. The van der Waals surface area contributed by atoms with Crippen LogP contribution in [0.2, 0.25) is 0 Å². The molecule has 0 bridgehead atoms. The van der Waals surface area contributed by atoms with Gasteiger partial charge in [0.2, 0.25) is 5.91 Å². The highest BCUT2D eigenvalue weighted by Gasteiger charge is 2.44. The molecule has 1 heterocycles. The normalized spacial score (nSPS) is 18.8. The molecule has 1 amide bonds. The molecule has 0 aromatic carbocycles. The zero-order valence-corrected chi connectivity index (χ0v) is 11.9. The maximum atomic E-state index is 12.5. The van der Waals surface area contributed by atoms with Crippen LogP contribution >= 0.6 is 12.2 Å². The number of carbonyl (C=O) groups excluding carboxylic acids is 1. The van der Waals surface area contributed by atoms with Crippen molar-refractivity contribution in [3.63, 3.8) is 0 Å². The first kappa shape index (κ1) is 13.9. The second-order valence-corrected chi connectivity index (χ2v) is 5.57. The van der Waals surface area contributed by atoms with Gasteiger partial charge < -0.3 is 11.1 Å². The molecule has 3 N–H and O–H groups in total. The van der Waals surface area contributed by atoms with E-state index in [0.29, 0.717) is 4.99 Å². The van der Waals surface area contributed by atoms with E-state index in [0.717, 1.165) is 31.2 Å². The highest BCUT2D eigenvalue weighted by atomic mass is 32.1. The van der Waals surface area contributed by atoms with Gasteiger partial charge in [0.15, 0.2) is 0 Å². The lowest BCUT2D eigenvalue weighted by molar-refractivity contribution is -0.128. The molecule has 102 valence electrons. The van der Waals surface area contributed by atoms with Crippen molar-refractivity contribution in [1.82, 2.24) is 10.3 Å². The van der Waals surface area contributed by atoms with Crippen LogP contribution in [0, 0.1) is 5.41 Å². The summed E-state index contributed by atoms with van der Waals surface area (Å²) in [5, 5.41) is 3.01. The van der Waals surface area contributed by atoms with E-state index in [4.69, 9.17) is 18.0 Å². The van der Waals surface area contributed by atoms with E-state index in [2.05, 4.69) is 10.3 Å². The Bertz CT molecular complexity index is 469. The van der Waals surface area contributed by atoms with Crippen LogP contribution in [0.3, 0.4) is 0 Å². The fourth-order valence-electron chi connectivity index (χ4n) is 2.61. The van der Waals surface area contributed by atoms with E-state index in [9.17, 15) is 4.79 Å². The lowest BCUT2D eigenvalue weighted by Gasteiger charge is -2.28. The SMILES string of the molecule is CC(NC(=O)C1(C(N)=S)CCCC1)c1cccnc1. The molecular weight excluding hydrogens is 258 g/mol. The number of amides is 1. The second-order valence-electron chi connectivity index (χ2n) is 5.13. The summed E-state index contributed by atoms with van der Waals surface area (Å²) in [6, 6.07) is 3.71. The fraction of sp³-hybridized carbons (Fsp3) is 0.500. The van der Waals surface area contributed by atoms with E-state index in [1.807, 2.05) is 19.1 Å². The number of rotatable bonds is 4. The minimum absolute atomic E-state index is 0.0474. The number of hydrogen-bond acceptors (Lipinski definition) is 3. The van der Waals surface area contributed by atoms with Crippen molar-refractivity contribution < 1.29 is 4.79 Å². The molecule has 5 heteroatoms. The monoisotopic (exact) mass is 277 g/mol. The highest BCUT2D eigenvalue weighted by molar-refractivity contribution is 7.80. The Labute approximate surface area is 118 Å². The van der Waals surface area contributed by atoms with Crippen molar-refractivity contribution >= 4 is 23.1 Å². The number of carbonyl (C=O) groups is 1. The molecule has 1 saturated carbocycles. The Morgan fingerprint density at radius 1 is 1.53 bits per heavy atom. The number of hydrogen-bond donors (Lipinski definition) is 2. The van der Waals surface area contributed by atoms with Crippen LogP contribution in [0.1, 0.15) is 44.2 Å². The zero-order valence-electron chi connectivity index (χ0n) is 11.1. The van der Waals surface area contributed by atoms with Crippen molar-refractivity contribution in [1.29, 1.82) is 0 Å². The van der Waals surface area contributed by atoms with Gasteiger partial charge in [-0.15, -0.1) is 0 Å². The van der Waals surface area contributed by atoms with Gasteiger partial charge in [-0.25, -0.2) is 0 Å². The van der Waals surface area contributed by atoms with Crippen LogP contribution < -0.4 is 11.1 Å². The van der Waals surface area contributed by atoms with Crippen LogP contribution in [0.25, 0.3) is 0 Å². The smallest absolute Gasteiger partial charge is 0.233 e. The number of pyridine rings is 1. The van der Waals surface area contributed by atoms with E-state index in [-0.39, 0.29) is 11.9 Å². The van der Waals surface area contributed by atoms with Crippen molar-refractivity contribution in [3.8, 4) is 0 Å². The largest absolute Gasteiger partial charge is 0.392 e. The molecule has 2 rings (SSSR count). The molecule has 1 unspecified atom stereocenters. The minimum Gasteiger partial charge on any atom is -0.392 e. The van der Waals surface area contributed by atoms with E-state index in [1.165, 1.54) is 0 Å². The highest BCUT2D eigenvalue weighted by Crippen LogP contribution is 2.39. The maximum absolute atomic E-state index is 12.5. The molecule has 1 aliphatic rings. The Kier molecular flexibility index (Phi) is 4.14. The molecule has 1 fully saturated rings. The van der Waals surface area contributed by atoms with Crippen LogP contribution in [-0.2, 0) is 4.79 Å². The molecule has 0 radical (unpaired) electrons. The van der Waals surface area contributed by atoms with Crippen LogP contribution in [-0.4, -0.2) is 15.9 Å². The lowest BCUT2D eigenvalue weighted by Crippen LogP contribution is -2.47. The molecule has 1 atom stereocenters. The van der Waals surface area contributed by atoms with Gasteiger partial charge in [0.25, 0.3) is 0 Å². The first-order chi connectivity index (χ1) is 9.06. The molecule has 1 aromatic heterocycles. The van der Waals surface area contributed by atoms with Crippen molar-refractivity contribution in [3.05, 3.63) is 30.1 Å². The summed E-state index contributed by atoms with van der Waals surface area (Å²) in [5.41, 5.74) is 6.14. The summed E-state index contributed by atoms with van der Waals surface area (Å²) in [7, 11) is 0. The summed E-state index contributed by atoms with van der Waals surface area (Å²) in [4.78, 5) is 16.9. The third kappa shape index (κ3) is 2.76. The van der Waals surface area contributed by atoms with Crippen LogP contribution in [0.15, 0.2) is 24.5 Å². The molecule has 0 spiro atoms. The second kappa shape index (κ2) is 5.65. The van der Waals surface area contributed by atoms with E-state index < -0.39 is 5.41 Å². The van der Waals surface area contributed by atoms with Gasteiger partial charge in [-0.1, -0.05) is 31.1 Å². The standard InChI is InChI=1S/C14H19N3OS/c1-10(11-5-4-8-16-9-11)17-13(18)14(12(15)19)6-2-3-7-14/h4-5,8-10H,2-3,6-7H2,1H3,(H2,15,19)(H,17,18). The molecule has 19 heavy (non-hydrogen) atoms. The molecule has 0 saturated heterocycles. The first-order valence-electron chi connectivity index (χ1n) is 6.57. The van der Waals surface area contributed by atoms with Crippen molar-refractivity contribution in [2.24, 2.45) is 11.1 Å². The number of nitrogens with one attached hydrogen (secondary N) is 1. The lowest BCUT2D eigenvalue weighted by atomic mass is 9.84. The first-order valence-corrected chi connectivity index (χ1v) is 6.98. The Morgan fingerprint density at radius 3 is 2.74 bits per heavy atom. The summed E-state index contributed by atoms with van der Waals surface area (Å²) in [5.74, 6) is -0.0474. The third-order valence-electron chi connectivity index (χ3n) is 3.90. The molecular formula is C14H19N3OS. The number of thiocarbonyl (C=S) groups is 1. The quantitative estimate of drug-likeness (QED) is 0.827. The number of aromatic nitrogens is 1. The van der Waals surface area contributed by atoms with Gasteiger partial charge in [0.05, 0.1) is 16.4 Å². The molecule has 4 nitrogen and oxygen atoms in total. The summed E-state index contributed by atoms with van der Waals surface area (Å²) in [6.07, 6.45) is 7.00. The number of nitrogens with two attached hydrogens (primary N) is 1. The summed E-state index contributed by atoms with van der Waals surface area (Å²) >= 11 is 5.12. The van der Waals surface area contributed by atoms with Gasteiger partial charge in [-0.05, 0) is 31.4 Å².